The lowest BCUT2D eigenvalue weighted by Crippen LogP contribution is -2.30. The summed E-state index contributed by atoms with van der Waals surface area (Å²) in [6, 6.07) is 0. The highest BCUT2D eigenvalue weighted by atomic mass is 32.2. The summed E-state index contributed by atoms with van der Waals surface area (Å²) in [6.45, 7) is 1.46. The molecule has 0 rings (SSSR count). The second-order valence-corrected chi connectivity index (χ2v) is 3.28. The Morgan fingerprint density at radius 2 is 2.00 bits per heavy atom. The summed E-state index contributed by atoms with van der Waals surface area (Å²) in [5.74, 6) is -0.600. The van der Waals surface area contributed by atoms with Gasteiger partial charge in [-0.05, 0) is 0 Å². The van der Waals surface area contributed by atoms with Crippen LogP contribution in [0, 0.1) is 0 Å². The number of carbonyl (C=O) groups is 1. The fraction of sp³-hybridized carbons (Fsp3) is 0.667. The Kier molecular flexibility index (Phi) is 2.70. The number of amides is 1. The predicted octanol–water partition coefficient (Wildman–Crippen LogP) is -0.592. The van der Waals surface area contributed by atoms with Crippen molar-refractivity contribution in [2.24, 2.45) is 0 Å². The zero-order chi connectivity index (χ0) is 7.49. The second-order valence-electron chi connectivity index (χ2n) is 1.53. The third kappa shape index (κ3) is 5.35. The van der Waals surface area contributed by atoms with Gasteiger partial charge in [-0.1, -0.05) is 6.82 Å². The fourth-order valence-electron chi connectivity index (χ4n) is 0.242. The molecule has 0 saturated heterocycles. The quantitative estimate of drug-likeness (QED) is 0.532. The molecular weight excluding hydrogens is 141 g/mol. The monoisotopic (exact) mass is 148 g/mol. The first-order chi connectivity index (χ1) is 3.95. The van der Waals surface area contributed by atoms with Crippen molar-refractivity contribution in [2.75, 3.05) is 6.26 Å². The first kappa shape index (κ1) is 8.48. The van der Waals surface area contributed by atoms with Crippen LogP contribution in [0.3, 0.4) is 0 Å². The lowest BCUT2D eigenvalue weighted by molar-refractivity contribution is 0.263. The van der Waals surface area contributed by atoms with Crippen molar-refractivity contribution < 1.29 is 13.2 Å². The molecule has 51 valence electrons. The maximum atomic E-state index is 10.3. The van der Waals surface area contributed by atoms with E-state index in [-0.39, 0.29) is 0 Å². The van der Waals surface area contributed by atoms with E-state index in [2.05, 4.69) is 0 Å². The lowest BCUT2D eigenvalue weighted by atomic mass is 9.82. The van der Waals surface area contributed by atoms with Crippen molar-refractivity contribution in [3.8, 4) is 0 Å². The van der Waals surface area contributed by atoms with Crippen LogP contribution in [0.1, 0.15) is 0 Å². The van der Waals surface area contributed by atoms with Crippen molar-refractivity contribution in [1.82, 2.24) is 4.72 Å². The van der Waals surface area contributed by atoms with E-state index in [1.807, 2.05) is 0 Å². The Morgan fingerprint density at radius 1 is 1.56 bits per heavy atom. The summed E-state index contributed by atoms with van der Waals surface area (Å²) >= 11 is 0. The lowest BCUT2D eigenvalue weighted by Gasteiger charge is -1.96. The van der Waals surface area contributed by atoms with Crippen molar-refractivity contribution in [3.63, 3.8) is 0 Å². The van der Waals surface area contributed by atoms with Crippen molar-refractivity contribution in [3.05, 3.63) is 0 Å². The summed E-state index contributed by atoms with van der Waals surface area (Å²) in [5, 5.41) is 0. The van der Waals surface area contributed by atoms with Crippen LogP contribution in [0.15, 0.2) is 0 Å². The third-order valence-corrected chi connectivity index (χ3v) is 1.12. The van der Waals surface area contributed by atoms with E-state index in [1.54, 1.807) is 4.72 Å². The van der Waals surface area contributed by atoms with Crippen molar-refractivity contribution in [1.29, 1.82) is 0 Å². The zero-order valence-electron chi connectivity index (χ0n) is 5.21. The van der Waals surface area contributed by atoms with Crippen LogP contribution in [-0.4, -0.2) is 27.8 Å². The molecule has 6 heteroatoms. The minimum Gasteiger partial charge on any atom is -0.287 e. The van der Waals surface area contributed by atoms with Crippen molar-refractivity contribution in [2.45, 2.75) is 6.82 Å². The summed E-state index contributed by atoms with van der Waals surface area (Å²) in [6.07, 6.45) is 0.925. The third-order valence-electron chi connectivity index (χ3n) is 0.548. The van der Waals surface area contributed by atoms with Gasteiger partial charge in [-0.25, -0.2) is 8.42 Å². The number of hydrogen-bond acceptors (Lipinski definition) is 3. The van der Waals surface area contributed by atoms with Crippen LogP contribution in [0.5, 0.6) is 0 Å². The van der Waals surface area contributed by atoms with E-state index in [9.17, 15) is 13.2 Å². The van der Waals surface area contributed by atoms with Gasteiger partial charge >= 0.3 is 0 Å². The van der Waals surface area contributed by atoms with Gasteiger partial charge in [-0.3, -0.25) is 9.52 Å². The van der Waals surface area contributed by atoms with E-state index in [4.69, 9.17) is 0 Å². The van der Waals surface area contributed by atoms with Crippen LogP contribution in [-0.2, 0) is 10.0 Å². The minimum atomic E-state index is -3.37. The Balaban J connectivity index is 3.91. The van der Waals surface area contributed by atoms with Gasteiger partial charge < -0.3 is 0 Å². The summed E-state index contributed by atoms with van der Waals surface area (Å²) < 4.78 is 22.2. The highest BCUT2D eigenvalue weighted by Gasteiger charge is 2.04. The SMILES string of the molecule is C[B]C(=O)NS(C)(=O)=O. The number of rotatable bonds is 2. The van der Waals surface area contributed by atoms with Crippen LogP contribution >= 0.6 is 0 Å². The Hall–Kier alpha value is -0.515. The topological polar surface area (TPSA) is 63.2 Å². The number of carbonyl (C=O) groups excluding carboxylic acids is 1. The van der Waals surface area contributed by atoms with Gasteiger partial charge in [-0.2, -0.15) is 0 Å². The average Bonchev–Trinajstić information content (AvgIpc) is 1.62. The number of hydrogen-bond donors (Lipinski definition) is 1. The molecule has 1 N–H and O–H groups in total. The first-order valence-electron chi connectivity index (χ1n) is 2.27. The maximum Gasteiger partial charge on any atom is 0.231 e. The summed E-state index contributed by atoms with van der Waals surface area (Å²) in [5.41, 5.74) is 0. The Labute approximate surface area is 54.9 Å². The van der Waals surface area contributed by atoms with E-state index in [0.717, 1.165) is 13.5 Å². The van der Waals surface area contributed by atoms with E-state index in [0.29, 0.717) is 0 Å². The molecule has 0 aromatic rings. The first-order valence-corrected chi connectivity index (χ1v) is 4.16. The van der Waals surface area contributed by atoms with Gasteiger partial charge in [0.05, 0.1) is 6.26 Å². The Bertz CT molecular complexity index is 197. The molecule has 0 aromatic carbocycles. The molecule has 0 aliphatic rings. The molecule has 0 spiro atoms. The molecule has 0 aliphatic carbocycles. The number of nitrogens with one attached hydrogen (secondary N) is 1. The standard InChI is InChI=1S/C3H7BNO3S/c1-4-3(6)5-9(2,7)8/h1-2H3,(H,5,6). The van der Waals surface area contributed by atoms with Crippen LogP contribution in [0.25, 0.3) is 0 Å². The van der Waals surface area contributed by atoms with Gasteiger partial charge in [-0.15, -0.1) is 0 Å². The largest absolute Gasteiger partial charge is 0.287 e. The number of sulfonamides is 1. The van der Waals surface area contributed by atoms with Gasteiger partial charge in [0.15, 0.2) is 5.81 Å². The highest BCUT2D eigenvalue weighted by Crippen LogP contribution is 1.74. The van der Waals surface area contributed by atoms with Crippen LogP contribution < -0.4 is 4.72 Å². The Morgan fingerprint density at radius 3 is 2.11 bits per heavy atom. The molecule has 4 nitrogen and oxygen atoms in total. The maximum absolute atomic E-state index is 10.3. The molecule has 0 unspecified atom stereocenters. The molecular formula is C3H7BNO3S. The van der Waals surface area contributed by atoms with E-state index >= 15 is 0 Å². The molecule has 1 radical (unpaired) electrons. The van der Waals surface area contributed by atoms with Gasteiger partial charge in [0, 0.05) is 0 Å². The van der Waals surface area contributed by atoms with Gasteiger partial charge in [0.1, 0.15) is 0 Å². The molecule has 0 saturated carbocycles. The summed E-state index contributed by atoms with van der Waals surface area (Å²) in [7, 11) is -2.23. The van der Waals surface area contributed by atoms with Gasteiger partial charge in [0.25, 0.3) is 0 Å². The van der Waals surface area contributed by atoms with Crippen LogP contribution in [0.2, 0.25) is 6.82 Å². The molecule has 0 fully saturated rings. The van der Waals surface area contributed by atoms with E-state index < -0.39 is 15.8 Å². The van der Waals surface area contributed by atoms with E-state index in [1.165, 1.54) is 6.82 Å². The normalized spacial score (nSPS) is 10.4. The molecule has 0 bridgehead atoms. The molecule has 1 amide bonds. The second kappa shape index (κ2) is 2.86. The smallest absolute Gasteiger partial charge is 0.231 e. The molecule has 0 atom stereocenters. The van der Waals surface area contributed by atoms with Gasteiger partial charge in [0.2, 0.25) is 17.3 Å². The summed E-state index contributed by atoms with van der Waals surface area (Å²) in [4.78, 5) is 10.3. The molecule has 9 heavy (non-hydrogen) atoms. The average molecular weight is 148 g/mol. The van der Waals surface area contributed by atoms with Crippen LogP contribution in [0.4, 0.5) is 4.79 Å². The minimum absolute atomic E-state index is 0.600. The highest BCUT2D eigenvalue weighted by molar-refractivity contribution is 7.89. The zero-order valence-corrected chi connectivity index (χ0v) is 6.03. The predicted molar refractivity (Wildman–Crippen MR) is 35.0 cm³/mol. The molecule has 0 aliphatic heterocycles. The molecule has 0 heterocycles. The fourth-order valence-corrected chi connectivity index (χ4v) is 0.725. The van der Waals surface area contributed by atoms with Crippen molar-refractivity contribution >= 4 is 23.1 Å². The molecule has 0 aromatic heterocycles.